The summed E-state index contributed by atoms with van der Waals surface area (Å²) in [5.41, 5.74) is 8.28. The van der Waals surface area contributed by atoms with Gasteiger partial charge in [-0.25, -0.2) is 4.39 Å². The van der Waals surface area contributed by atoms with Crippen molar-refractivity contribution < 1.29 is 18.7 Å². The van der Waals surface area contributed by atoms with Gasteiger partial charge in [0.05, 0.1) is 18.2 Å². The minimum Gasteiger partial charge on any atom is -0.489 e. The van der Waals surface area contributed by atoms with Crippen LogP contribution in [0.3, 0.4) is 0 Å². The lowest BCUT2D eigenvalue weighted by molar-refractivity contribution is -0.119. The number of nitrogens with one attached hydrogen (secondary N) is 1. The first-order valence-corrected chi connectivity index (χ1v) is 10.8. The molecule has 0 saturated heterocycles. The molecule has 0 saturated carbocycles. The Morgan fingerprint density at radius 2 is 1.83 bits per heavy atom. The molecule has 0 aromatic heterocycles. The summed E-state index contributed by atoms with van der Waals surface area (Å²) in [5.74, 6) is -0.917. The summed E-state index contributed by atoms with van der Waals surface area (Å²) >= 11 is 0. The van der Waals surface area contributed by atoms with Crippen LogP contribution in [0.1, 0.15) is 17.5 Å². The van der Waals surface area contributed by atoms with Crippen LogP contribution in [0.5, 0.6) is 5.75 Å². The van der Waals surface area contributed by atoms with E-state index in [1.807, 2.05) is 24.3 Å². The summed E-state index contributed by atoms with van der Waals surface area (Å²) in [7, 11) is 0. The van der Waals surface area contributed by atoms with Gasteiger partial charge in [0, 0.05) is 17.7 Å². The zero-order valence-corrected chi connectivity index (χ0v) is 18.6. The normalized spacial score (nSPS) is 14.7. The first-order chi connectivity index (χ1) is 16.9. The summed E-state index contributed by atoms with van der Waals surface area (Å²) in [5, 5.41) is 17.2. The summed E-state index contributed by atoms with van der Waals surface area (Å²) in [6.45, 7) is 0.201. The van der Waals surface area contributed by atoms with E-state index in [2.05, 4.69) is 16.5 Å². The highest BCUT2D eigenvalue weighted by Gasteiger charge is 2.35. The van der Waals surface area contributed by atoms with Gasteiger partial charge in [-0.3, -0.25) is 14.6 Å². The van der Waals surface area contributed by atoms with Crippen molar-refractivity contribution in [2.24, 2.45) is 10.8 Å². The molecule has 1 aliphatic rings. The van der Waals surface area contributed by atoms with E-state index in [0.717, 1.165) is 11.1 Å². The first-order valence-electron chi connectivity index (χ1n) is 10.8. The van der Waals surface area contributed by atoms with Crippen molar-refractivity contribution in [1.82, 2.24) is 0 Å². The number of benzene rings is 3. The fourth-order valence-corrected chi connectivity index (χ4v) is 3.62. The van der Waals surface area contributed by atoms with Crippen LogP contribution in [0, 0.1) is 17.1 Å². The molecule has 4 rings (SSSR count). The third kappa shape index (κ3) is 5.62. The van der Waals surface area contributed by atoms with E-state index in [-0.39, 0.29) is 18.7 Å². The van der Waals surface area contributed by atoms with Gasteiger partial charge in [-0.1, -0.05) is 30.3 Å². The Morgan fingerprint density at radius 1 is 1.11 bits per heavy atom. The third-order valence-corrected chi connectivity index (χ3v) is 5.46. The Balaban J connectivity index is 1.47. The minimum absolute atomic E-state index is 0.0201. The summed E-state index contributed by atoms with van der Waals surface area (Å²) in [6, 6.07) is 21.1. The number of hydrogen-bond acceptors (Lipinski definition) is 6. The number of carbonyl (C=O) groups is 2. The van der Waals surface area contributed by atoms with Crippen LogP contribution < -0.4 is 20.8 Å². The zero-order valence-electron chi connectivity index (χ0n) is 18.6. The second-order valence-electron chi connectivity index (χ2n) is 7.87. The van der Waals surface area contributed by atoms with Gasteiger partial charge in [0.1, 0.15) is 29.9 Å². The number of carbonyl (C=O) groups excluding carboxylic acids is 2. The Labute approximate surface area is 201 Å². The molecular formula is C26H22FN5O3. The number of rotatable bonds is 8. The van der Waals surface area contributed by atoms with Crippen LogP contribution in [-0.2, 0) is 22.6 Å². The number of para-hydroxylation sites is 1. The number of hydrogen-bond donors (Lipinski definition) is 2. The van der Waals surface area contributed by atoms with Crippen LogP contribution in [0.15, 0.2) is 77.9 Å². The topological polar surface area (TPSA) is 121 Å². The smallest absolute Gasteiger partial charge is 0.271 e. The molecule has 3 aromatic carbocycles. The van der Waals surface area contributed by atoms with Crippen molar-refractivity contribution in [1.29, 1.82) is 5.26 Å². The molecule has 1 atom stereocenters. The van der Waals surface area contributed by atoms with Crippen LogP contribution in [0.2, 0.25) is 0 Å². The van der Waals surface area contributed by atoms with Crippen molar-refractivity contribution in [2.45, 2.75) is 25.5 Å². The van der Waals surface area contributed by atoms with Crippen LogP contribution in [0.25, 0.3) is 0 Å². The quantitative estimate of drug-likeness (QED) is 0.521. The first kappa shape index (κ1) is 23.4. The number of ether oxygens (including phenoxy) is 1. The Morgan fingerprint density at radius 3 is 2.51 bits per heavy atom. The number of anilines is 2. The molecule has 1 heterocycles. The fraction of sp³-hybridized carbons (Fsp3) is 0.154. The van der Waals surface area contributed by atoms with Gasteiger partial charge in [0.15, 0.2) is 0 Å². The Hall–Kier alpha value is -4.71. The summed E-state index contributed by atoms with van der Waals surface area (Å²) in [6.07, 6.45) is 0.348. The van der Waals surface area contributed by atoms with Gasteiger partial charge in [-0.05, 0) is 48.0 Å². The molecule has 0 bridgehead atoms. The highest BCUT2D eigenvalue weighted by Crippen LogP contribution is 2.26. The van der Waals surface area contributed by atoms with Crippen LogP contribution in [0.4, 0.5) is 15.8 Å². The molecule has 176 valence electrons. The fourth-order valence-electron chi connectivity index (χ4n) is 3.62. The van der Waals surface area contributed by atoms with E-state index < -0.39 is 23.7 Å². The number of primary amides is 1. The summed E-state index contributed by atoms with van der Waals surface area (Å²) < 4.78 is 19.1. The van der Waals surface area contributed by atoms with Crippen molar-refractivity contribution in [3.63, 3.8) is 0 Å². The molecule has 0 radical (unpaired) electrons. The maximum atomic E-state index is 13.3. The standard InChI is InChI=1S/C26H22FN5O3/c27-19-7-9-20(10-8-19)32-24(25(29)33)15-23(31-32)26(34)30-22-4-2-1-3-18(22)16-35-21-11-5-17(6-12-21)13-14-28/h1-12,24H,13,15-16H2,(H2,29,33)(H,30,34). The van der Waals surface area contributed by atoms with Gasteiger partial charge in [0.2, 0.25) is 5.91 Å². The lowest BCUT2D eigenvalue weighted by atomic mass is 10.1. The maximum absolute atomic E-state index is 13.3. The summed E-state index contributed by atoms with van der Waals surface area (Å²) in [4.78, 5) is 25.0. The van der Waals surface area contributed by atoms with Gasteiger partial charge >= 0.3 is 0 Å². The average molecular weight is 471 g/mol. The Kier molecular flexibility index (Phi) is 7.02. The molecule has 1 unspecified atom stereocenters. The van der Waals surface area contributed by atoms with Gasteiger partial charge in [-0.2, -0.15) is 10.4 Å². The number of hydrazone groups is 1. The minimum atomic E-state index is -0.858. The molecule has 3 aromatic rings. The average Bonchev–Trinajstić information content (AvgIpc) is 3.31. The van der Waals surface area contributed by atoms with E-state index in [1.54, 1.807) is 24.3 Å². The molecular weight excluding hydrogens is 449 g/mol. The molecule has 2 amide bonds. The number of amides is 2. The molecule has 3 N–H and O–H groups in total. The van der Waals surface area contributed by atoms with E-state index in [4.69, 9.17) is 15.7 Å². The number of nitriles is 1. The van der Waals surface area contributed by atoms with Crippen molar-refractivity contribution >= 4 is 28.9 Å². The van der Waals surface area contributed by atoms with E-state index in [1.165, 1.54) is 29.3 Å². The van der Waals surface area contributed by atoms with Crippen molar-refractivity contribution in [3.05, 3.63) is 89.7 Å². The Bertz CT molecular complexity index is 1300. The second kappa shape index (κ2) is 10.5. The lowest BCUT2D eigenvalue weighted by Crippen LogP contribution is -2.39. The molecule has 1 aliphatic heterocycles. The maximum Gasteiger partial charge on any atom is 0.271 e. The largest absolute Gasteiger partial charge is 0.489 e. The monoisotopic (exact) mass is 471 g/mol. The number of halogens is 1. The van der Waals surface area contributed by atoms with Gasteiger partial charge in [-0.15, -0.1) is 0 Å². The molecule has 9 heteroatoms. The molecule has 0 spiro atoms. The predicted octanol–water partition coefficient (Wildman–Crippen LogP) is 3.53. The van der Waals surface area contributed by atoms with Crippen molar-refractivity contribution in [2.75, 3.05) is 10.3 Å². The lowest BCUT2D eigenvalue weighted by Gasteiger charge is -2.20. The van der Waals surface area contributed by atoms with Crippen LogP contribution >= 0.6 is 0 Å². The third-order valence-electron chi connectivity index (χ3n) is 5.46. The predicted molar refractivity (Wildman–Crippen MR) is 129 cm³/mol. The van der Waals surface area contributed by atoms with Gasteiger partial charge in [0.25, 0.3) is 5.91 Å². The molecule has 8 nitrogen and oxygen atoms in total. The highest BCUT2D eigenvalue weighted by atomic mass is 19.1. The molecule has 35 heavy (non-hydrogen) atoms. The number of nitrogens with zero attached hydrogens (tertiary/aromatic N) is 3. The van der Waals surface area contributed by atoms with Gasteiger partial charge < -0.3 is 15.8 Å². The molecule has 0 aliphatic carbocycles. The zero-order chi connectivity index (χ0) is 24.8. The van der Waals surface area contributed by atoms with E-state index in [0.29, 0.717) is 23.5 Å². The van der Waals surface area contributed by atoms with Crippen molar-refractivity contribution in [3.8, 4) is 11.8 Å². The molecule has 0 fully saturated rings. The van der Waals surface area contributed by atoms with Crippen LogP contribution in [-0.4, -0.2) is 23.6 Å². The number of nitrogens with two attached hydrogens (primary N) is 1. The highest BCUT2D eigenvalue weighted by molar-refractivity contribution is 6.44. The second-order valence-corrected chi connectivity index (χ2v) is 7.87. The SMILES string of the molecule is N#CCc1ccc(OCc2ccccc2NC(=O)C2=NN(c3ccc(F)cc3)C(C(N)=O)C2)cc1. The van der Waals surface area contributed by atoms with E-state index >= 15 is 0 Å². The van der Waals surface area contributed by atoms with E-state index in [9.17, 15) is 14.0 Å².